The first kappa shape index (κ1) is 21.5. The number of allylic oxidation sites excluding steroid dienone is 3. The summed E-state index contributed by atoms with van der Waals surface area (Å²) in [6, 6.07) is 3.18. The van der Waals surface area contributed by atoms with Gasteiger partial charge in [-0.05, 0) is 44.4 Å². The van der Waals surface area contributed by atoms with Crippen LogP contribution < -0.4 is 5.32 Å². The van der Waals surface area contributed by atoms with Crippen LogP contribution >= 0.6 is 12.6 Å². The normalized spacial score (nSPS) is 14.9. The first-order chi connectivity index (χ1) is 13.2. The molecule has 0 saturated heterocycles. The average molecular weight is 405 g/mol. The Bertz CT molecular complexity index is 944. The molecule has 4 nitrogen and oxygen atoms in total. The van der Waals surface area contributed by atoms with E-state index in [0.29, 0.717) is 29.3 Å². The Morgan fingerprint density at radius 3 is 2.71 bits per heavy atom. The van der Waals surface area contributed by atoms with Gasteiger partial charge in [-0.25, -0.2) is 0 Å². The summed E-state index contributed by atoms with van der Waals surface area (Å²) in [6.07, 6.45) is 0.604. The zero-order valence-electron chi connectivity index (χ0n) is 15.3. The van der Waals surface area contributed by atoms with Crippen molar-refractivity contribution in [3.8, 4) is 11.8 Å². The monoisotopic (exact) mass is 405 g/mol. The molecular weight excluding hydrogens is 387 g/mol. The lowest BCUT2D eigenvalue weighted by molar-refractivity contribution is -0.137. The second-order valence-electron chi connectivity index (χ2n) is 5.77. The van der Waals surface area contributed by atoms with Gasteiger partial charge in [0, 0.05) is 29.4 Å². The summed E-state index contributed by atoms with van der Waals surface area (Å²) in [4.78, 5) is 21.1. The number of nitrogens with one attached hydrogen (secondary N) is 1. The number of dihydropyridines is 1. The number of carbonyl (C=O) groups excluding carboxylic acids is 1. The van der Waals surface area contributed by atoms with Crippen LogP contribution in [0.1, 0.15) is 41.8 Å². The van der Waals surface area contributed by atoms with Crippen LogP contribution in [0.5, 0.6) is 0 Å². The molecule has 0 radical (unpaired) electrons. The van der Waals surface area contributed by atoms with Crippen LogP contribution in [0.2, 0.25) is 0 Å². The standard InChI is InChI=1S/C20H18F3N3OS/c1-3-25-18(13(2)28)9-7-14-6-8-17(20(21,22)23)16(11-14)19(27)26-15-5-4-10-24-12-15/h3,5-6,8,11-12,28H,4,10H2,1-2H3,(H,26,27)/b18-13-,25-3?. The lowest BCUT2D eigenvalue weighted by atomic mass is 10.0. The fourth-order valence-corrected chi connectivity index (χ4v) is 2.44. The van der Waals surface area contributed by atoms with E-state index in [4.69, 9.17) is 0 Å². The van der Waals surface area contributed by atoms with Crippen molar-refractivity contribution >= 4 is 31.0 Å². The average Bonchev–Trinajstić information content (AvgIpc) is 2.64. The van der Waals surface area contributed by atoms with Gasteiger partial charge in [0.05, 0.1) is 16.8 Å². The molecule has 0 unspecified atom stereocenters. The van der Waals surface area contributed by atoms with Gasteiger partial charge in [-0.2, -0.15) is 13.2 Å². The van der Waals surface area contributed by atoms with Crippen molar-refractivity contribution in [2.75, 3.05) is 6.54 Å². The maximum Gasteiger partial charge on any atom is 0.417 e. The van der Waals surface area contributed by atoms with Gasteiger partial charge in [0.25, 0.3) is 5.91 Å². The molecule has 1 amide bonds. The molecule has 0 atom stereocenters. The van der Waals surface area contributed by atoms with Crippen LogP contribution in [0.4, 0.5) is 13.2 Å². The van der Waals surface area contributed by atoms with Gasteiger partial charge in [-0.3, -0.25) is 14.8 Å². The summed E-state index contributed by atoms with van der Waals surface area (Å²) in [5, 5.41) is 2.46. The zero-order chi connectivity index (χ0) is 20.7. The van der Waals surface area contributed by atoms with E-state index in [1.165, 1.54) is 18.5 Å². The maximum absolute atomic E-state index is 13.3. The van der Waals surface area contributed by atoms with Crippen molar-refractivity contribution in [2.45, 2.75) is 26.4 Å². The Hall–Kier alpha value is -2.79. The van der Waals surface area contributed by atoms with Crippen LogP contribution in [0.25, 0.3) is 0 Å². The Kier molecular flexibility index (Phi) is 7.24. The zero-order valence-corrected chi connectivity index (χ0v) is 16.2. The Morgan fingerprint density at radius 2 is 2.14 bits per heavy atom. The molecule has 1 aliphatic rings. The topological polar surface area (TPSA) is 53.8 Å². The number of hydrogen-bond acceptors (Lipinski definition) is 4. The second-order valence-corrected chi connectivity index (χ2v) is 6.44. The highest BCUT2D eigenvalue weighted by molar-refractivity contribution is 7.84. The maximum atomic E-state index is 13.3. The van der Waals surface area contributed by atoms with Gasteiger partial charge >= 0.3 is 6.18 Å². The number of halogens is 3. The highest BCUT2D eigenvalue weighted by Crippen LogP contribution is 2.32. The van der Waals surface area contributed by atoms with Gasteiger partial charge in [0.15, 0.2) is 0 Å². The van der Waals surface area contributed by atoms with Crippen LogP contribution in [0, 0.1) is 11.8 Å². The van der Waals surface area contributed by atoms with Gasteiger partial charge < -0.3 is 5.32 Å². The van der Waals surface area contributed by atoms with Crippen molar-refractivity contribution in [3.05, 3.63) is 57.3 Å². The smallest absolute Gasteiger partial charge is 0.321 e. The minimum atomic E-state index is -4.67. The van der Waals surface area contributed by atoms with Crippen LogP contribution in [-0.2, 0) is 6.18 Å². The summed E-state index contributed by atoms with van der Waals surface area (Å²) >= 11 is 4.19. The van der Waals surface area contributed by atoms with E-state index in [1.54, 1.807) is 19.9 Å². The molecule has 1 aromatic carbocycles. The lowest BCUT2D eigenvalue weighted by Gasteiger charge is -2.14. The van der Waals surface area contributed by atoms with Gasteiger partial charge in [-0.1, -0.05) is 12.0 Å². The molecule has 0 bridgehead atoms. The second kappa shape index (κ2) is 9.42. The summed E-state index contributed by atoms with van der Waals surface area (Å²) in [5.74, 6) is 4.61. The van der Waals surface area contributed by atoms with Gasteiger partial charge in [0.1, 0.15) is 5.70 Å². The molecule has 8 heteroatoms. The number of amides is 1. The van der Waals surface area contributed by atoms with Crippen molar-refractivity contribution in [2.24, 2.45) is 9.98 Å². The first-order valence-corrected chi connectivity index (χ1v) is 8.80. The summed E-state index contributed by atoms with van der Waals surface area (Å²) in [5.41, 5.74) is -0.528. The third kappa shape index (κ3) is 5.86. The number of thiol groups is 1. The Morgan fingerprint density at radius 1 is 1.39 bits per heavy atom. The van der Waals surface area contributed by atoms with Crippen LogP contribution in [-0.4, -0.2) is 24.9 Å². The molecule has 1 aromatic rings. The highest BCUT2D eigenvalue weighted by Gasteiger charge is 2.35. The van der Waals surface area contributed by atoms with E-state index in [2.05, 4.69) is 39.8 Å². The lowest BCUT2D eigenvalue weighted by Crippen LogP contribution is -2.27. The molecule has 1 aliphatic heterocycles. The molecule has 0 spiro atoms. The van der Waals surface area contributed by atoms with E-state index in [-0.39, 0.29) is 5.56 Å². The van der Waals surface area contributed by atoms with Crippen molar-refractivity contribution in [3.63, 3.8) is 0 Å². The number of hydrogen-bond donors (Lipinski definition) is 2. The van der Waals surface area contributed by atoms with Crippen LogP contribution in [0.3, 0.4) is 0 Å². The molecule has 0 fully saturated rings. The molecule has 1 heterocycles. The molecular formula is C20H18F3N3OS. The molecule has 0 aliphatic carbocycles. The number of nitrogens with zero attached hydrogens (tertiary/aromatic N) is 2. The molecule has 2 rings (SSSR count). The molecule has 0 aromatic heterocycles. The minimum Gasteiger partial charge on any atom is -0.321 e. The quantitative estimate of drug-likeness (QED) is 0.437. The minimum absolute atomic E-state index is 0.253. The molecule has 146 valence electrons. The van der Waals surface area contributed by atoms with Gasteiger partial charge in [0.2, 0.25) is 0 Å². The number of carbonyl (C=O) groups is 1. The third-order valence-electron chi connectivity index (χ3n) is 3.61. The third-order valence-corrected chi connectivity index (χ3v) is 3.82. The molecule has 0 saturated carbocycles. The van der Waals surface area contributed by atoms with Crippen molar-refractivity contribution in [1.29, 1.82) is 0 Å². The largest absolute Gasteiger partial charge is 0.417 e. The summed E-state index contributed by atoms with van der Waals surface area (Å²) < 4.78 is 40.0. The Labute approximate surface area is 166 Å². The predicted octanol–water partition coefficient (Wildman–Crippen LogP) is 4.40. The van der Waals surface area contributed by atoms with E-state index >= 15 is 0 Å². The van der Waals surface area contributed by atoms with E-state index in [1.807, 2.05) is 0 Å². The number of alkyl halides is 3. The van der Waals surface area contributed by atoms with E-state index in [9.17, 15) is 18.0 Å². The van der Waals surface area contributed by atoms with Crippen molar-refractivity contribution < 1.29 is 18.0 Å². The van der Waals surface area contributed by atoms with E-state index in [0.717, 1.165) is 12.1 Å². The number of aliphatic imine (C=N–C) groups is 2. The Balaban J connectivity index is 2.43. The highest BCUT2D eigenvalue weighted by atomic mass is 32.1. The van der Waals surface area contributed by atoms with Crippen molar-refractivity contribution in [1.82, 2.24) is 5.32 Å². The number of rotatable bonds is 3. The summed E-state index contributed by atoms with van der Waals surface area (Å²) in [7, 11) is 0. The number of benzene rings is 1. The fourth-order valence-electron chi connectivity index (χ4n) is 2.33. The SMILES string of the molecule is CC=N/C(C#Cc1ccc(C(F)(F)F)c(C(=O)NC2=CCCN=C2)c1)=C(/C)S. The predicted molar refractivity (Wildman–Crippen MR) is 108 cm³/mol. The van der Waals surface area contributed by atoms with E-state index < -0.39 is 23.2 Å². The molecule has 1 N–H and O–H groups in total. The van der Waals surface area contributed by atoms with Gasteiger partial charge in [-0.15, -0.1) is 12.6 Å². The fraction of sp³-hybridized carbons (Fsp3) is 0.250. The molecule has 28 heavy (non-hydrogen) atoms. The summed E-state index contributed by atoms with van der Waals surface area (Å²) in [6.45, 7) is 3.99. The van der Waals surface area contributed by atoms with Crippen LogP contribution in [0.15, 0.2) is 50.6 Å². The first-order valence-electron chi connectivity index (χ1n) is 8.35.